The zero-order valence-corrected chi connectivity index (χ0v) is 7.36. The van der Waals surface area contributed by atoms with Gasteiger partial charge in [-0.25, -0.2) is 0 Å². The monoisotopic (exact) mass is 136 g/mol. The van der Waals surface area contributed by atoms with E-state index < -0.39 is 0 Å². The smallest absolute Gasteiger partial charge is 0.00688 e. The Hall–Kier alpha value is -0.740. The van der Waals surface area contributed by atoms with Gasteiger partial charge < -0.3 is 0 Å². The quantitative estimate of drug-likeness (QED) is 0.403. The molecule has 0 heteroatoms. The molecule has 0 unspecified atom stereocenters. The highest BCUT2D eigenvalue weighted by Gasteiger charge is 1.87. The largest absolute Gasteiger partial charge is 0.122 e. The van der Waals surface area contributed by atoms with Gasteiger partial charge in [-0.3, -0.25) is 0 Å². The molecule has 0 nitrogen and oxygen atoms in total. The Morgan fingerprint density at radius 2 is 2.00 bits per heavy atom. The minimum absolute atomic E-state index is 1.11. The van der Waals surface area contributed by atoms with E-state index in [0.717, 1.165) is 6.42 Å². The fourth-order valence-electron chi connectivity index (χ4n) is 0.790. The van der Waals surface area contributed by atoms with Crippen LogP contribution in [0.3, 0.4) is 0 Å². The highest BCUT2D eigenvalue weighted by Crippen LogP contribution is 2.06. The van der Waals surface area contributed by atoms with Crippen LogP contribution >= 0.6 is 0 Å². The van der Waals surface area contributed by atoms with E-state index in [0.29, 0.717) is 0 Å². The molecule has 0 bridgehead atoms. The van der Waals surface area contributed by atoms with Crippen molar-refractivity contribution in [3.8, 4) is 0 Å². The molecule has 10 heavy (non-hydrogen) atoms. The van der Waals surface area contributed by atoms with E-state index in [2.05, 4.69) is 32.6 Å². The van der Waals surface area contributed by atoms with Crippen molar-refractivity contribution in [1.82, 2.24) is 0 Å². The Balaban J connectivity index is 4.36. The highest BCUT2D eigenvalue weighted by atomic mass is 13.9. The van der Waals surface area contributed by atoms with Gasteiger partial charge >= 0.3 is 0 Å². The summed E-state index contributed by atoms with van der Waals surface area (Å²) < 4.78 is 0. The minimum Gasteiger partial charge on any atom is -0.122 e. The summed E-state index contributed by atoms with van der Waals surface area (Å²) in [5.41, 5.74) is 5.73. The molecule has 0 atom stereocenters. The summed E-state index contributed by atoms with van der Waals surface area (Å²) in [7, 11) is 0. The third kappa shape index (κ3) is 3.32. The van der Waals surface area contributed by atoms with Gasteiger partial charge in [-0.15, -0.1) is 5.73 Å². The molecule has 0 heterocycles. The average molecular weight is 136 g/mol. The second kappa shape index (κ2) is 5.08. The lowest BCUT2D eigenvalue weighted by Crippen LogP contribution is -1.75. The second-order valence-corrected chi connectivity index (χ2v) is 2.35. The fourth-order valence-corrected chi connectivity index (χ4v) is 0.790. The zero-order valence-electron chi connectivity index (χ0n) is 7.36. The highest BCUT2D eigenvalue weighted by molar-refractivity contribution is 5.25. The Bertz CT molecular complexity index is 176. The van der Waals surface area contributed by atoms with E-state index in [9.17, 15) is 0 Å². The summed E-state index contributed by atoms with van der Waals surface area (Å²) in [6.07, 6.45) is 5.27. The summed E-state index contributed by atoms with van der Waals surface area (Å²) in [5, 5.41) is 0. The van der Waals surface area contributed by atoms with Gasteiger partial charge in [0.15, 0.2) is 0 Å². The van der Waals surface area contributed by atoms with Crippen LogP contribution in [0.25, 0.3) is 0 Å². The Morgan fingerprint density at radius 1 is 1.40 bits per heavy atom. The molecule has 0 saturated carbocycles. The average Bonchev–Trinajstić information content (AvgIpc) is 1.89. The third-order valence-corrected chi connectivity index (χ3v) is 1.46. The predicted molar refractivity (Wildman–Crippen MR) is 47.0 cm³/mol. The normalized spacial score (nSPS) is 10.6. The topological polar surface area (TPSA) is 0 Å². The molecule has 0 rings (SSSR count). The van der Waals surface area contributed by atoms with E-state index in [1.54, 1.807) is 0 Å². The molecule has 0 aromatic rings. The van der Waals surface area contributed by atoms with Crippen molar-refractivity contribution in [2.24, 2.45) is 0 Å². The van der Waals surface area contributed by atoms with Crippen molar-refractivity contribution in [2.75, 3.05) is 0 Å². The molecule has 0 spiro atoms. The van der Waals surface area contributed by atoms with Crippen molar-refractivity contribution in [2.45, 2.75) is 34.1 Å². The lowest BCUT2D eigenvalue weighted by molar-refractivity contribution is 1.18. The van der Waals surface area contributed by atoms with Crippen LogP contribution in [-0.2, 0) is 0 Å². The molecule has 0 aromatic carbocycles. The van der Waals surface area contributed by atoms with Crippen molar-refractivity contribution >= 4 is 0 Å². The van der Waals surface area contributed by atoms with Crippen molar-refractivity contribution in [1.29, 1.82) is 0 Å². The summed E-state index contributed by atoms with van der Waals surface area (Å²) in [5.74, 6) is 0. The van der Waals surface area contributed by atoms with Gasteiger partial charge in [-0.2, -0.15) is 0 Å². The molecule has 0 aromatic heterocycles. The standard InChI is InChI=1S/C10H16/c1-5-7-9(3)10(4)8-6-2/h5,8H,6H2,1-4H3/b10-8-. The lowest BCUT2D eigenvalue weighted by atomic mass is 10.1. The van der Waals surface area contributed by atoms with E-state index >= 15 is 0 Å². The Labute approximate surface area is 64.0 Å². The SMILES string of the molecule is CC=C=C(C)/C(C)=C\CC. The van der Waals surface area contributed by atoms with Gasteiger partial charge in [0.1, 0.15) is 0 Å². The van der Waals surface area contributed by atoms with Crippen LogP contribution < -0.4 is 0 Å². The number of hydrogen-bond acceptors (Lipinski definition) is 0. The molecule has 0 aliphatic heterocycles. The van der Waals surface area contributed by atoms with Crippen LogP contribution in [0.2, 0.25) is 0 Å². The number of rotatable bonds is 2. The maximum absolute atomic E-state index is 3.15. The van der Waals surface area contributed by atoms with Gasteiger partial charge in [0.2, 0.25) is 0 Å². The summed E-state index contributed by atoms with van der Waals surface area (Å²) >= 11 is 0. The van der Waals surface area contributed by atoms with Crippen LogP contribution in [0.15, 0.2) is 29.0 Å². The molecule has 0 amide bonds. The van der Waals surface area contributed by atoms with E-state index in [4.69, 9.17) is 0 Å². The number of hydrogen-bond donors (Lipinski definition) is 0. The first-order valence-electron chi connectivity index (χ1n) is 3.77. The van der Waals surface area contributed by atoms with Crippen LogP contribution in [0.1, 0.15) is 34.1 Å². The third-order valence-electron chi connectivity index (χ3n) is 1.46. The molecule has 0 aliphatic rings. The van der Waals surface area contributed by atoms with Crippen molar-refractivity contribution < 1.29 is 0 Å². The first-order chi connectivity index (χ1) is 4.72. The summed E-state index contributed by atoms with van der Waals surface area (Å²) in [6.45, 7) is 8.34. The zero-order chi connectivity index (χ0) is 7.98. The maximum Gasteiger partial charge on any atom is -0.00688 e. The minimum atomic E-state index is 1.11. The number of allylic oxidation sites excluding steroid dienone is 3. The van der Waals surface area contributed by atoms with Crippen molar-refractivity contribution in [3.63, 3.8) is 0 Å². The van der Waals surface area contributed by atoms with Crippen LogP contribution in [-0.4, -0.2) is 0 Å². The molecule has 0 fully saturated rings. The van der Waals surface area contributed by atoms with Gasteiger partial charge in [0, 0.05) is 0 Å². The van der Waals surface area contributed by atoms with Gasteiger partial charge in [-0.1, -0.05) is 13.0 Å². The van der Waals surface area contributed by atoms with E-state index in [1.165, 1.54) is 11.1 Å². The molecule has 0 aliphatic carbocycles. The fraction of sp³-hybridized carbons (Fsp3) is 0.500. The predicted octanol–water partition coefficient (Wildman–Crippen LogP) is 3.46. The van der Waals surface area contributed by atoms with Gasteiger partial charge in [0.25, 0.3) is 0 Å². The second-order valence-electron chi connectivity index (χ2n) is 2.35. The van der Waals surface area contributed by atoms with Gasteiger partial charge in [-0.05, 0) is 44.4 Å². The molecule has 56 valence electrons. The van der Waals surface area contributed by atoms with Crippen molar-refractivity contribution in [3.05, 3.63) is 29.0 Å². The Kier molecular flexibility index (Phi) is 4.70. The molecule has 0 radical (unpaired) electrons. The van der Waals surface area contributed by atoms with E-state index in [1.807, 2.05) is 13.0 Å². The molecular formula is C10H16. The van der Waals surface area contributed by atoms with Crippen LogP contribution in [0, 0.1) is 0 Å². The summed E-state index contributed by atoms with van der Waals surface area (Å²) in [4.78, 5) is 0. The molecule has 0 saturated heterocycles. The summed E-state index contributed by atoms with van der Waals surface area (Å²) in [6, 6.07) is 0. The van der Waals surface area contributed by atoms with E-state index in [-0.39, 0.29) is 0 Å². The lowest BCUT2D eigenvalue weighted by Gasteiger charge is -1.94. The van der Waals surface area contributed by atoms with Crippen LogP contribution in [0.5, 0.6) is 0 Å². The molecular weight excluding hydrogens is 120 g/mol. The maximum atomic E-state index is 3.15. The Morgan fingerprint density at radius 3 is 2.40 bits per heavy atom. The van der Waals surface area contributed by atoms with Gasteiger partial charge in [0.05, 0.1) is 0 Å². The first kappa shape index (κ1) is 9.26. The van der Waals surface area contributed by atoms with Crippen LogP contribution in [0.4, 0.5) is 0 Å². The molecule has 0 N–H and O–H groups in total. The first-order valence-corrected chi connectivity index (χ1v) is 3.77.